The molecule has 1 fully saturated rings. The van der Waals surface area contributed by atoms with Crippen molar-refractivity contribution >= 4 is 11.9 Å². The number of nitrogens with one attached hydrogen (secondary N) is 1. The third kappa shape index (κ3) is 3.48. The highest BCUT2D eigenvalue weighted by Crippen LogP contribution is 2.27. The Hall–Kier alpha value is -2.28. The summed E-state index contributed by atoms with van der Waals surface area (Å²) in [5, 5.41) is 11.8. The molecule has 1 unspecified atom stereocenters. The number of aliphatic carboxylic acids is 1. The normalized spacial score (nSPS) is 20.5. The van der Waals surface area contributed by atoms with Crippen LogP contribution in [0.2, 0.25) is 0 Å². The molecule has 1 aromatic rings. The predicted octanol–water partition coefficient (Wildman–Crippen LogP) is 1.07. The molecule has 2 rings (SSSR count). The van der Waals surface area contributed by atoms with Crippen LogP contribution >= 0.6 is 0 Å². The van der Waals surface area contributed by atoms with Crippen molar-refractivity contribution in [3.63, 3.8) is 0 Å². The van der Waals surface area contributed by atoms with E-state index in [0.717, 1.165) is 0 Å². The fraction of sp³-hybridized carbons (Fsp3) is 0.467. The molecule has 1 atom stereocenters. The molecule has 0 aromatic heterocycles. The Labute approximate surface area is 128 Å². The molecule has 1 saturated heterocycles. The molecule has 1 amide bonds. The van der Waals surface area contributed by atoms with Crippen LogP contribution in [0.1, 0.15) is 23.2 Å². The minimum Gasteiger partial charge on any atom is -0.497 e. The Morgan fingerprint density at radius 2 is 2.14 bits per heavy atom. The van der Waals surface area contributed by atoms with Crippen LogP contribution in [0.4, 0.5) is 0 Å². The quantitative estimate of drug-likeness (QED) is 0.816. The lowest BCUT2D eigenvalue weighted by atomic mass is 9.93. The summed E-state index contributed by atoms with van der Waals surface area (Å²) in [5.74, 6) is -0.491. The maximum atomic E-state index is 12.5. The zero-order valence-corrected chi connectivity index (χ0v) is 12.5. The molecule has 7 heteroatoms. The first-order valence-electron chi connectivity index (χ1n) is 6.84. The van der Waals surface area contributed by atoms with Gasteiger partial charge in [-0.05, 0) is 24.6 Å². The van der Waals surface area contributed by atoms with E-state index in [2.05, 4.69) is 5.32 Å². The van der Waals surface area contributed by atoms with Crippen molar-refractivity contribution in [1.29, 1.82) is 0 Å². The Balaban J connectivity index is 2.25. The first-order valence-corrected chi connectivity index (χ1v) is 6.84. The molecule has 1 aliphatic heterocycles. The second kappa shape index (κ2) is 6.65. The summed E-state index contributed by atoms with van der Waals surface area (Å²) in [7, 11) is 2.96. The molecule has 0 saturated carbocycles. The van der Waals surface area contributed by atoms with Crippen LogP contribution in [0, 0.1) is 0 Å². The number of hydrogen-bond donors (Lipinski definition) is 2. The van der Waals surface area contributed by atoms with E-state index in [9.17, 15) is 9.59 Å². The molecule has 1 heterocycles. The van der Waals surface area contributed by atoms with Crippen LogP contribution in [0.5, 0.6) is 11.5 Å². The van der Waals surface area contributed by atoms with Gasteiger partial charge in [-0.25, -0.2) is 0 Å². The van der Waals surface area contributed by atoms with Gasteiger partial charge in [-0.2, -0.15) is 0 Å². The van der Waals surface area contributed by atoms with Crippen LogP contribution in [0.25, 0.3) is 0 Å². The van der Waals surface area contributed by atoms with Gasteiger partial charge in [0, 0.05) is 6.61 Å². The highest BCUT2D eigenvalue weighted by atomic mass is 16.5. The number of carbonyl (C=O) groups excluding carboxylic acids is 1. The van der Waals surface area contributed by atoms with Crippen molar-refractivity contribution in [1.82, 2.24) is 5.32 Å². The second-order valence-corrected chi connectivity index (χ2v) is 5.17. The molecular weight excluding hydrogens is 290 g/mol. The van der Waals surface area contributed by atoms with E-state index in [0.29, 0.717) is 30.1 Å². The summed E-state index contributed by atoms with van der Waals surface area (Å²) in [6.45, 7) is 0.597. The van der Waals surface area contributed by atoms with E-state index in [1.807, 2.05) is 0 Å². The van der Waals surface area contributed by atoms with Crippen LogP contribution in [-0.4, -0.2) is 50.0 Å². The van der Waals surface area contributed by atoms with Gasteiger partial charge in [0.15, 0.2) is 0 Å². The number of carboxylic acid groups (broad SMARTS) is 1. The standard InChI is InChI=1S/C15H19NO6/c1-20-10-3-4-12(21-2)11(7-10)14(19)16-15(8-13(17)18)5-6-22-9-15/h3-4,7H,5-6,8-9H2,1-2H3,(H,16,19)(H,17,18). The smallest absolute Gasteiger partial charge is 0.305 e. The SMILES string of the molecule is COc1ccc(OC)c(C(=O)NC2(CC(=O)O)CCOC2)c1. The van der Waals surface area contributed by atoms with Gasteiger partial charge in [-0.1, -0.05) is 0 Å². The molecule has 7 nitrogen and oxygen atoms in total. The molecular formula is C15H19NO6. The largest absolute Gasteiger partial charge is 0.497 e. The van der Waals surface area contributed by atoms with Crippen LogP contribution in [0.15, 0.2) is 18.2 Å². The number of methoxy groups -OCH3 is 2. The Morgan fingerprint density at radius 1 is 1.36 bits per heavy atom. The fourth-order valence-electron chi connectivity index (χ4n) is 2.48. The van der Waals surface area contributed by atoms with Crippen molar-refractivity contribution < 1.29 is 28.9 Å². The van der Waals surface area contributed by atoms with Gasteiger partial charge >= 0.3 is 5.97 Å². The first kappa shape index (κ1) is 16.1. The molecule has 22 heavy (non-hydrogen) atoms. The summed E-state index contributed by atoms with van der Waals surface area (Å²) >= 11 is 0. The van der Waals surface area contributed by atoms with E-state index < -0.39 is 17.4 Å². The zero-order chi connectivity index (χ0) is 16.2. The van der Waals surface area contributed by atoms with E-state index in [1.165, 1.54) is 14.2 Å². The van der Waals surface area contributed by atoms with Crippen LogP contribution in [0.3, 0.4) is 0 Å². The summed E-state index contributed by atoms with van der Waals surface area (Å²) in [6, 6.07) is 4.86. The Bertz CT molecular complexity index is 565. The lowest BCUT2D eigenvalue weighted by Gasteiger charge is -2.27. The average molecular weight is 309 g/mol. The van der Waals surface area contributed by atoms with Crippen molar-refractivity contribution in [3.05, 3.63) is 23.8 Å². The lowest BCUT2D eigenvalue weighted by molar-refractivity contribution is -0.138. The summed E-state index contributed by atoms with van der Waals surface area (Å²) in [4.78, 5) is 23.6. The first-order chi connectivity index (χ1) is 10.5. The van der Waals surface area contributed by atoms with E-state index in [-0.39, 0.29) is 13.0 Å². The van der Waals surface area contributed by atoms with Gasteiger partial charge in [0.25, 0.3) is 5.91 Å². The fourth-order valence-corrected chi connectivity index (χ4v) is 2.48. The van der Waals surface area contributed by atoms with Crippen LogP contribution in [-0.2, 0) is 9.53 Å². The van der Waals surface area contributed by atoms with Crippen molar-refractivity contribution in [3.8, 4) is 11.5 Å². The minimum atomic E-state index is -0.983. The monoisotopic (exact) mass is 309 g/mol. The third-order valence-corrected chi connectivity index (χ3v) is 3.62. The number of carbonyl (C=O) groups is 2. The molecule has 1 aromatic carbocycles. The molecule has 0 spiro atoms. The Morgan fingerprint density at radius 3 is 2.68 bits per heavy atom. The minimum absolute atomic E-state index is 0.178. The second-order valence-electron chi connectivity index (χ2n) is 5.17. The summed E-state index contributed by atoms with van der Waals surface area (Å²) in [6.07, 6.45) is 0.266. The highest BCUT2D eigenvalue weighted by Gasteiger charge is 2.39. The van der Waals surface area contributed by atoms with Crippen molar-refractivity contribution in [2.24, 2.45) is 0 Å². The van der Waals surface area contributed by atoms with Crippen molar-refractivity contribution in [2.45, 2.75) is 18.4 Å². The van der Waals surface area contributed by atoms with E-state index in [4.69, 9.17) is 19.3 Å². The van der Waals surface area contributed by atoms with E-state index >= 15 is 0 Å². The zero-order valence-electron chi connectivity index (χ0n) is 12.5. The number of hydrogen-bond acceptors (Lipinski definition) is 5. The number of amides is 1. The number of rotatable bonds is 6. The van der Waals surface area contributed by atoms with Gasteiger partial charge < -0.3 is 24.6 Å². The molecule has 2 N–H and O–H groups in total. The summed E-state index contributed by atoms with van der Waals surface area (Å²) in [5.41, 5.74) is -0.602. The van der Waals surface area contributed by atoms with Gasteiger partial charge in [0.05, 0.1) is 38.3 Å². The van der Waals surface area contributed by atoms with Crippen LogP contribution < -0.4 is 14.8 Å². The van der Waals surface area contributed by atoms with Crippen molar-refractivity contribution in [2.75, 3.05) is 27.4 Å². The number of ether oxygens (including phenoxy) is 3. The summed E-state index contributed by atoms with van der Waals surface area (Å²) < 4.78 is 15.6. The lowest BCUT2D eigenvalue weighted by Crippen LogP contribution is -2.50. The number of benzene rings is 1. The Kier molecular flexibility index (Phi) is 4.87. The average Bonchev–Trinajstić information content (AvgIpc) is 2.93. The van der Waals surface area contributed by atoms with E-state index in [1.54, 1.807) is 18.2 Å². The van der Waals surface area contributed by atoms with Gasteiger partial charge in [0.2, 0.25) is 0 Å². The molecule has 0 aliphatic carbocycles. The highest BCUT2D eigenvalue weighted by molar-refractivity contribution is 5.98. The molecule has 120 valence electrons. The predicted molar refractivity (Wildman–Crippen MR) is 77.4 cm³/mol. The van der Waals surface area contributed by atoms with Gasteiger partial charge in [-0.15, -0.1) is 0 Å². The van der Waals surface area contributed by atoms with Gasteiger partial charge in [0.1, 0.15) is 11.5 Å². The molecule has 0 radical (unpaired) electrons. The molecule has 0 bridgehead atoms. The maximum Gasteiger partial charge on any atom is 0.305 e. The topological polar surface area (TPSA) is 94.1 Å². The third-order valence-electron chi connectivity index (χ3n) is 3.62. The number of carboxylic acids is 1. The molecule has 1 aliphatic rings. The maximum absolute atomic E-state index is 12.5. The van der Waals surface area contributed by atoms with Gasteiger partial charge in [-0.3, -0.25) is 9.59 Å².